The molecule has 21 heavy (non-hydrogen) atoms. The fourth-order valence-corrected chi connectivity index (χ4v) is 1.91. The molecule has 0 saturated heterocycles. The molecule has 110 valence electrons. The van der Waals surface area contributed by atoms with E-state index in [0.29, 0.717) is 11.4 Å². The third-order valence-corrected chi connectivity index (χ3v) is 3.21. The van der Waals surface area contributed by atoms with Crippen molar-refractivity contribution in [2.45, 2.75) is 0 Å². The van der Waals surface area contributed by atoms with Gasteiger partial charge in [0, 0.05) is 18.4 Å². The number of likely N-dealkylation sites (N-methyl/N-ethyl adjacent to an activating group) is 1. The van der Waals surface area contributed by atoms with Gasteiger partial charge in [0.15, 0.2) is 18.2 Å². The summed E-state index contributed by atoms with van der Waals surface area (Å²) in [6, 6.07) is 11.0. The first kappa shape index (κ1) is 15.1. The van der Waals surface area contributed by atoms with Crippen LogP contribution in [0.2, 0.25) is 5.02 Å². The van der Waals surface area contributed by atoms with Crippen molar-refractivity contribution < 1.29 is 13.9 Å². The lowest BCUT2D eigenvalue weighted by Crippen LogP contribution is -2.31. The van der Waals surface area contributed by atoms with Crippen molar-refractivity contribution in [3.8, 4) is 5.75 Å². The maximum atomic E-state index is 13.5. The zero-order valence-electron chi connectivity index (χ0n) is 11.3. The molecule has 0 aliphatic rings. The molecule has 0 aliphatic heterocycles. The molecule has 0 unspecified atom stereocenters. The van der Waals surface area contributed by atoms with Gasteiger partial charge in [-0.15, -0.1) is 0 Å². The highest BCUT2D eigenvalue weighted by Crippen LogP contribution is 2.27. The van der Waals surface area contributed by atoms with Gasteiger partial charge in [0.25, 0.3) is 5.91 Å². The van der Waals surface area contributed by atoms with E-state index in [4.69, 9.17) is 22.1 Å². The molecule has 0 bridgehead atoms. The Balaban J connectivity index is 2.03. The number of nitrogen functional groups attached to an aromatic ring is 1. The van der Waals surface area contributed by atoms with E-state index < -0.39 is 5.82 Å². The van der Waals surface area contributed by atoms with Gasteiger partial charge in [0.1, 0.15) is 0 Å². The highest BCUT2D eigenvalue weighted by molar-refractivity contribution is 6.32. The summed E-state index contributed by atoms with van der Waals surface area (Å²) in [4.78, 5) is 13.4. The number of nitrogens with two attached hydrogens (primary N) is 1. The molecule has 0 heterocycles. The number of amides is 1. The van der Waals surface area contributed by atoms with Crippen molar-refractivity contribution in [2.75, 3.05) is 24.3 Å². The van der Waals surface area contributed by atoms with Crippen LogP contribution in [0.5, 0.6) is 5.75 Å². The summed E-state index contributed by atoms with van der Waals surface area (Å²) in [5.74, 6) is -1.07. The normalized spacial score (nSPS) is 10.2. The lowest BCUT2D eigenvalue weighted by molar-refractivity contribution is -0.120. The Hall–Kier alpha value is -2.27. The number of hydrogen-bond donors (Lipinski definition) is 1. The Kier molecular flexibility index (Phi) is 4.65. The fourth-order valence-electron chi connectivity index (χ4n) is 1.69. The van der Waals surface area contributed by atoms with Crippen LogP contribution < -0.4 is 15.4 Å². The van der Waals surface area contributed by atoms with Gasteiger partial charge >= 0.3 is 0 Å². The topological polar surface area (TPSA) is 55.6 Å². The quantitative estimate of drug-likeness (QED) is 0.883. The van der Waals surface area contributed by atoms with E-state index in [1.54, 1.807) is 31.3 Å². The van der Waals surface area contributed by atoms with Gasteiger partial charge < -0.3 is 15.4 Å². The predicted molar refractivity (Wildman–Crippen MR) is 81.2 cm³/mol. The summed E-state index contributed by atoms with van der Waals surface area (Å²) in [7, 11) is 1.60. The molecule has 2 aromatic carbocycles. The second kappa shape index (κ2) is 6.45. The van der Waals surface area contributed by atoms with Crippen LogP contribution in [0, 0.1) is 5.82 Å². The van der Waals surface area contributed by atoms with Gasteiger partial charge in [-0.25, -0.2) is 4.39 Å². The average Bonchev–Trinajstić information content (AvgIpc) is 2.46. The number of hydrogen-bond acceptors (Lipinski definition) is 3. The van der Waals surface area contributed by atoms with Gasteiger partial charge in [-0.3, -0.25) is 4.79 Å². The SMILES string of the molecule is CN(C(=O)COc1c(F)cccc1Cl)c1ccc(N)cc1. The molecule has 2 aromatic rings. The van der Waals surface area contributed by atoms with E-state index in [1.807, 2.05) is 0 Å². The smallest absolute Gasteiger partial charge is 0.264 e. The summed E-state index contributed by atoms with van der Waals surface area (Å²) >= 11 is 5.82. The Bertz CT molecular complexity index is 626. The van der Waals surface area contributed by atoms with Crippen LogP contribution in [0.15, 0.2) is 42.5 Å². The van der Waals surface area contributed by atoms with Crippen molar-refractivity contribution in [1.82, 2.24) is 0 Å². The molecule has 0 atom stereocenters. The van der Waals surface area contributed by atoms with Gasteiger partial charge in [-0.2, -0.15) is 0 Å². The van der Waals surface area contributed by atoms with Crippen molar-refractivity contribution >= 4 is 28.9 Å². The van der Waals surface area contributed by atoms with Crippen LogP contribution in [0.3, 0.4) is 0 Å². The molecule has 0 aromatic heterocycles. The summed E-state index contributed by atoms with van der Waals surface area (Å²) < 4.78 is 18.7. The van der Waals surface area contributed by atoms with Gasteiger partial charge in [0.05, 0.1) is 5.02 Å². The molecular formula is C15H14ClFN2O2. The molecule has 1 amide bonds. The number of benzene rings is 2. The Morgan fingerprint density at radius 1 is 1.29 bits per heavy atom. The highest BCUT2D eigenvalue weighted by Gasteiger charge is 2.14. The summed E-state index contributed by atoms with van der Waals surface area (Å²) in [6.07, 6.45) is 0. The highest BCUT2D eigenvalue weighted by atomic mass is 35.5. The number of anilines is 2. The van der Waals surface area contributed by atoms with E-state index in [-0.39, 0.29) is 23.3 Å². The summed E-state index contributed by atoms with van der Waals surface area (Å²) in [5, 5.41) is 0.123. The summed E-state index contributed by atoms with van der Waals surface area (Å²) in [5.41, 5.74) is 6.86. The number of para-hydroxylation sites is 1. The van der Waals surface area contributed by atoms with E-state index in [2.05, 4.69) is 0 Å². The first-order valence-electron chi connectivity index (χ1n) is 6.18. The van der Waals surface area contributed by atoms with Crippen molar-refractivity contribution in [1.29, 1.82) is 0 Å². The van der Waals surface area contributed by atoms with Crippen LogP contribution in [0.4, 0.5) is 15.8 Å². The third kappa shape index (κ3) is 3.64. The molecule has 2 N–H and O–H groups in total. The van der Waals surface area contributed by atoms with E-state index in [1.165, 1.54) is 23.1 Å². The number of rotatable bonds is 4. The molecule has 0 saturated carbocycles. The Morgan fingerprint density at radius 3 is 2.57 bits per heavy atom. The van der Waals surface area contributed by atoms with E-state index in [9.17, 15) is 9.18 Å². The van der Waals surface area contributed by atoms with Crippen molar-refractivity contribution in [2.24, 2.45) is 0 Å². The minimum absolute atomic E-state index is 0.123. The van der Waals surface area contributed by atoms with Crippen molar-refractivity contribution in [3.63, 3.8) is 0 Å². The Morgan fingerprint density at radius 2 is 1.95 bits per heavy atom. The van der Waals surface area contributed by atoms with Gasteiger partial charge in [-0.1, -0.05) is 17.7 Å². The zero-order chi connectivity index (χ0) is 15.4. The maximum Gasteiger partial charge on any atom is 0.264 e. The molecule has 0 radical (unpaired) electrons. The number of halogens is 2. The molecule has 2 rings (SSSR count). The minimum Gasteiger partial charge on any atom is -0.479 e. The van der Waals surface area contributed by atoms with E-state index >= 15 is 0 Å². The largest absolute Gasteiger partial charge is 0.479 e. The number of nitrogens with zero attached hydrogens (tertiary/aromatic N) is 1. The minimum atomic E-state index is -0.606. The van der Waals surface area contributed by atoms with Crippen LogP contribution in [0.1, 0.15) is 0 Å². The van der Waals surface area contributed by atoms with Crippen LogP contribution in [0.25, 0.3) is 0 Å². The number of ether oxygens (including phenoxy) is 1. The number of carbonyl (C=O) groups excluding carboxylic acids is 1. The standard InChI is InChI=1S/C15H14ClFN2O2/c1-19(11-7-5-10(18)6-8-11)14(20)9-21-15-12(16)3-2-4-13(15)17/h2-8H,9,18H2,1H3. The lowest BCUT2D eigenvalue weighted by atomic mass is 10.2. The molecular weight excluding hydrogens is 295 g/mol. The second-order valence-corrected chi connectivity index (χ2v) is 4.79. The fraction of sp³-hybridized carbons (Fsp3) is 0.133. The van der Waals surface area contributed by atoms with Crippen LogP contribution in [-0.4, -0.2) is 19.6 Å². The second-order valence-electron chi connectivity index (χ2n) is 4.38. The zero-order valence-corrected chi connectivity index (χ0v) is 12.1. The first-order valence-corrected chi connectivity index (χ1v) is 6.55. The monoisotopic (exact) mass is 308 g/mol. The number of carbonyl (C=O) groups is 1. The Labute approximate surface area is 126 Å². The molecule has 6 heteroatoms. The predicted octanol–water partition coefficient (Wildman–Crippen LogP) is 3.10. The molecule has 4 nitrogen and oxygen atoms in total. The van der Waals surface area contributed by atoms with Crippen LogP contribution in [-0.2, 0) is 4.79 Å². The summed E-state index contributed by atoms with van der Waals surface area (Å²) in [6.45, 7) is -0.318. The van der Waals surface area contributed by atoms with Crippen LogP contribution >= 0.6 is 11.6 Å². The molecule has 0 fully saturated rings. The van der Waals surface area contributed by atoms with Gasteiger partial charge in [0.2, 0.25) is 0 Å². The average molecular weight is 309 g/mol. The van der Waals surface area contributed by atoms with Gasteiger partial charge in [-0.05, 0) is 36.4 Å². The van der Waals surface area contributed by atoms with Crippen molar-refractivity contribution in [3.05, 3.63) is 53.3 Å². The maximum absolute atomic E-state index is 13.5. The third-order valence-electron chi connectivity index (χ3n) is 2.91. The lowest BCUT2D eigenvalue weighted by Gasteiger charge is -2.18. The molecule has 0 aliphatic carbocycles. The first-order chi connectivity index (χ1) is 9.99. The van der Waals surface area contributed by atoms with E-state index in [0.717, 1.165) is 0 Å². The molecule has 0 spiro atoms.